The zero-order chi connectivity index (χ0) is 38.1. The van der Waals surface area contributed by atoms with Gasteiger partial charge in [0.05, 0.1) is 11.0 Å². The highest BCUT2D eigenvalue weighted by molar-refractivity contribution is 5.96. The molecule has 0 aliphatic heterocycles. The molecule has 0 saturated carbocycles. The van der Waals surface area contributed by atoms with Crippen molar-refractivity contribution in [3.05, 3.63) is 72.1 Å². The van der Waals surface area contributed by atoms with Crippen LogP contribution in [-0.2, 0) is 36.6 Å². The molecule has 13 heteroatoms. The van der Waals surface area contributed by atoms with Gasteiger partial charge in [0.2, 0.25) is 11.8 Å². The summed E-state index contributed by atoms with van der Waals surface area (Å²) in [4.78, 5) is 68.0. The van der Waals surface area contributed by atoms with E-state index in [1.807, 2.05) is 0 Å². The molecule has 3 N–H and O–H groups in total. The minimum Gasteiger partial charge on any atom is -0.444 e. The van der Waals surface area contributed by atoms with E-state index in [9.17, 15) is 24.0 Å². The zero-order valence-corrected chi connectivity index (χ0v) is 31.0. The monoisotopic (exact) mass is 703 g/mol. The minimum absolute atomic E-state index is 0.0367. The zero-order valence-electron chi connectivity index (χ0n) is 31.0. The SMILES string of the molecule is CN(C(=O)[C@@H](Cc1cn(C(=O)OC(C)(C)C)c2ccccc12)NC(=O)OC(C)(C)C)[C@H](Cc1cn(C(=O)OC(C)(C)C)c2ccccc12)C(N)=O. The second kappa shape index (κ2) is 14.5. The topological polar surface area (TPSA) is 164 Å². The maximum Gasteiger partial charge on any atom is 0.419 e. The number of nitrogens with zero attached hydrogens (tertiary/aromatic N) is 3. The standard InChI is InChI=1S/C38H49N5O8/c1-36(2,3)49-33(46)40-27(19-23-21-42(34(47)50-37(4,5)6)28-17-13-11-15-25(23)28)32(45)41(10)30(31(39)44)20-24-22-43(35(48)51-38(7,8)9)29-18-14-12-16-26(24)29/h11-18,21-22,27,30H,19-20H2,1-10H3,(H2,39,44)(H,40,46)/t27-,30-/m1/s1. The Morgan fingerprint density at radius 2 is 1.10 bits per heavy atom. The smallest absolute Gasteiger partial charge is 0.419 e. The van der Waals surface area contributed by atoms with Crippen LogP contribution in [0.15, 0.2) is 60.9 Å². The highest BCUT2D eigenvalue weighted by Crippen LogP contribution is 2.27. The summed E-state index contributed by atoms with van der Waals surface area (Å²) in [6, 6.07) is 11.8. The van der Waals surface area contributed by atoms with Gasteiger partial charge in [-0.2, -0.15) is 0 Å². The summed E-state index contributed by atoms with van der Waals surface area (Å²) in [5.41, 5.74) is 5.80. The van der Waals surface area contributed by atoms with Crippen LogP contribution in [0.1, 0.15) is 73.4 Å². The first-order valence-corrected chi connectivity index (χ1v) is 16.7. The van der Waals surface area contributed by atoms with Gasteiger partial charge in [-0.3, -0.25) is 18.7 Å². The number of ether oxygens (including phenoxy) is 3. The van der Waals surface area contributed by atoms with Gasteiger partial charge in [0.15, 0.2) is 0 Å². The number of alkyl carbamates (subject to hydrolysis) is 1. The summed E-state index contributed by atoms with van der Waals surface area (Å²) in [7, 11) is 1.43. The molecule has 274 valence electrons. The molecule has 2 aromatic carbocycles. The number of nitrogens with two attached hydrogens (primary N) is 1. The molecule has 2 heterocycles. The fourth-order valence-corrected chi connectivity index (χ4v) is 5.66. The molecule has 0 radical (unpaired) electrons. The van der Waals surface area contributed by atoms with Gasteiger partial charge in [-0.15, -0.1) is 0 Å². The lowest BCUT2D eigenvalue weighted by molar-refractivity contribution is -0.139. The van der Waals surface area contributed by atoms with Crippen molar-refractivity contribution >= 4 is 51.9 Å². The maximum atomic E-state index is 14.4. The number of hydrogen-bond acceptors (Lipinski definition) is 8. The number of nitrogens with one attached hydrogen (secondary N) is 1. The molecule has 0 unspecified atom stereocenters. The quantitative estimate of drug-likeness (QED) is 0.206. The van der Waals surface area contributed by atoms with Crippen LogP contribution in [-0.4, -0.2) is 80.1 Å². The number of fused-ring (bicyclic) bond motifs is 2. The first-order valence-electron chi connectivity index (χ1n) is 16.7. The molecule has 0 aliphatic carbocycles. The second-order valence-electron chi connectivity index (χ2n) is 15.5. The molecule has 0 fully saturated rings. The molecule has 0 aliphatic rings. The fraction of sp³-hybridized carbons (Fsp3) is 0.447. The van der Waals surface area contributed by atoms with Gasteiger partial charge in [-0.25, -0.2) is 14.4 Å². The number of rotatable bonds is 8. The average molecular weight is 704 g/mol. The summed E-state index contributed by atoms with van der Waals surface area (Å²) < 4.78 is 19.4. The van der Waals surface area contributed by atoms with E-state index in [0.717, 1.165) is 0 Å². The number of likely N-dealkylation sites (N-methyl/N-ethyl adjacent to an activating group) is 1. The number of para-hydroxylation sites is 2. The largest absolute Gasteiger partial charge is 0.444 e. The number of aromatic nitrogens is 2. The van der Waals surface area contributed by atoms with Crippen molar-refractivity contribution < 1.29 is 38.2 Å². The van der Waals surface area contributed by atoms with E-state index in [-0.39, 0.29) is 12.8 Å². The summed E-state index contributed by atoms with van der Waals surface area (Å²) in [5, 5.41) is 4.01. The van der Waals surface area contributed by atoms with Crippen molar-refractivity contribution in [2.75, 3.05) is 7.05 Å². The lowest BCUT2D eigenvalue weighted by Gasteiger charge is -2.30. The van der Waals surface area contributed by atoms with E-state index >= 15 is 0 Å². The van der Waals surface area contributed by atoms with Gasteiger partial charge >= 0.3 is 18.3 Å². The van der Waals surface area contributed by atoms with Gasteiger partial charge in [0, 0.05) is 43.1 Å². The number of carbonyl (C=O) groups excluding carboxylic acids is 5. The highest BCUT2D eigenvalue weighted by atomic mass is 16.6. The third-order valence-corrected chi connectivity index (χ3v) is 7.74. The maximum absolute atomic E-state index is 14.4. The van der Waals surface area contributed by atoms with Gasteiger partial charge in [-0.1, -0.05) is 36.4 Å². The third-order valence-electron chi connectivity index (χ3n) is 7.74. The molecule has 0 bridgehead atoms. The number of primary amides is 1. The minimum atomic E-state index is -1.24. The van der Waals surface area contributed by atoms with Gasteiger partial charge in [0.1, 0.15) is 28.9 Å². The average Bonchev–Trinajstić information content (AvgIpc) is 3.55. The van der Waals surface area contributed by atoms with E-state index in [2.05, 4.69) is 5.32 Å². The van der Waals surface area contributed by atoms with Crippen LogP contribution in [0.25, 0.3) is 21.8 Å². The number of hydrogen-bond donors (Lipinski definition) is 2. The molecule has 0 saturated heterocycles. The second-order valence-corrected chi connectivity index (χ2v) is 15.5. The number of amides is 3. The van der Waals surface area contributed by atoms with Crippen LogP contribution in [0.5, 0.6) is 0 Å². The van der Waals surface area contributed by atoms with E-state index in [4.69, 9.17) is 19.9 Å². The highest BCUT2D eigenvalue weighted by Gasteiger charge is 2.34. The van der Waals surface area contributed by atoms with Crippen LogP contribution < -0.4 is 11.1 Å². The van der Waals surface area contributed by atoms with Gasteiger partial charge < -0.3 is 30.2 Å². The Kier molecular flexibility index (Phi) is 10.9. The molecule has 3 amide bonds. The Bertz CT molecular complexity index is 1950. The lowest BCUT2D eigenvalue weighted by Crippen LogP contribution is -2.55. The Morgan fingerprint density at radius 1 is 0.686 bits per heavy atom. The molecular weight excluding hydrogens is 654 g/mol. The van der Waals surface area contributed by atoms with Crippen LogP contribution in [0.3, 0.4) is 0 Å². The Hall–Kier alpha value is -5.33. The summed E-state index contributed by atoms with van der Waals surface area (Å²) in [6.45, 7) is 15.7. The Balaban J connectivity index is 1.71. The molecule has 13 nitrogen and oxygen atoms in total. The molecule has 2 aromatic heterocycles. The van der Waals surface area contributed by atoms with Crippen molar-refractivity contribution in [3.63, 3.8) is 0 Å². The van der Waals surface area contributed by atoms with Crippen LogP contribution in [0.2, 0.25) is 0 Å². The van der Waals surface area contributed by atoms with Gasteiger partial charge in [0.25, 0.3) is 0 Å². The first-order chi connectivity index (χ1) is 23.5. The van der Waals surface area contributed by atoms with Crippen molar-refractivity contribution in [3.8, 4) is 0 Å². The molecule has 0 spiro atoms. The normalized spacial score (nSPS) is 13.4. The van der Waals surface area contributed by atoms with Crippen molar-refractivity contribution in [2.45, 2.75) is 104 Å². The fourth-order valence-electron chi connectivity index (χ4n) is 5.66. The van der Waals surface area contributed by atoms with Crippen molar-refractivity contribution in [1.82, 2.24) is 19.4 Å². The predicted octanol–water partition coefficient (Wildman–Crippen LogP) is 6.15. The van der Waals surface area contributed by atoms with Crippen molar-refractivity contribution in [2.24, 2.45) is 5.73 Å². The van der Waals surface area contributed by atoms with Crippen LogP contribution >= 0.6 is 0 Å². The van der Waals surface area contributed by atoms with Crippen LogP contribution in [0.4, 0.5) is 14.4 Å². The molecule has 51 heavy (non-hydrogen) atoms. The van der Waals surface area contributed by atoms with E-state index in [1.54, 1.807) is 123 Å². The van der Waals surface area contributed by atoms with E-state index < -0.39 is 59.0 Å². The summed E-state index contributed by atoms with van der Waals surface area (Å²) in [5.74, 6) is -1.42. The van der Waals surface area contributed by atoms with Crippen molar-refractivity contribution in [1.29, 1.82) is 0 Å². The Morgan fingerprint density at radius 3 is 1.51 bits per heavy atom. The summed E-state index contributed by atoms with van der Waals surface area (Å²) in [6.07, 6.45) is 0.998. The Labute approximate surface area is 298 Å². The lowest BCUT2D eigenvalue weighted by atomic mass is 10.0. The molecule has 4 rings (SSSR count). The summed E-state index contributed by atoms with van der Waals surface area (Å²) >= 11 is 0. The predicted molar refractivity (Wildman–Crippen MR) is 193 cm³/mol. The van der Waals surface area contributed by atoms with E-state index in [0.29, 0.717) is 32.9 Å². The molecule has 2 atom stereocenters. The molecular formula is C38H49N5O8. The molecule has 4 aromatic rings. The van der Waals surface area contributed by atoms with Gasteiger partial charge in [-0.05, 0) is 85.6 Å². The third kappa shape index (κ3) is 9.68. The first kappa shape index (κ1) is 38.5. The van der Waals surface area contributed by atoms with E-state index in [1.165, 1.54) is 21.1 Å². The van der Waals surface area contributed by atoms with Crippen LogP contribution in [0, 0.1) is 0 Å². The number of carbonyl (C=O) groups is 5. The number of benzene rings is 2.